The highest BCUT2D eigenvalue weighted by molar-refractivity contribution is 7.91. The van der Waals surface area contributed by atoms with Crippen molar-refractivity contribution in [1.29, 1.82) is 0 Å². The Kier molecular flexibility index (Phi) is 3.66. The molecule has 1 aromatic carbocycles. The number of benzene rings is 1. The van der Waals surface area contributed by atoms with Crippen molar-refractivity contribution in [2.75, 3.05) is 6.26 Å². The minimum absolute atomic E-state index is 0.114. The Labute approximate surface area is 111 Å². The maximum absolute atomic E-state index is 13.6. The molecule has 0 spiro atoms. The molecule has 106 valence electrons. The van der Waals surface area contributed by atoms with Gasteiger partial charge in [-0.1, -0.05) is 6.07 Å². The van der Waals surface area contributed by atoms with Crippen LogP contribution in [-0.2, 0) is 16.3 Å². The van der Waals surface area contributed by atoms with E-state index >= 15 is 0 Å². The van der Waals surface area contributed by atoms with E-state index in [4.69, 9.17) is 0 Å². The summed E-state index contributed by atoms with van der Waals surface area (Å²) < 4.78 is 49.8. The number of rotatable bonds is 3. The Morgan fingerprint density at radius 3 is 2.68 bits per heavy atom. The fourth-order valence-electron chi connectivity index (χ4n) is 2.83. The molecule has 0 saturated heterocycles. The molecule has 2 atom stereocenters. The van der Waals surface area contributed by atoms with Crippen molar-refractivity contribution in [3.05, 3.63) is 35.4 Å². The molecular formula is C13H16F2O3S. The normalized spacial score (nSPS) is 27.7. The van der Waals surface area contributed by atoms with Crippen LogP contribution < -0.4 is 0 Å². The summed E-state index contributed by atoms with van der Waals surface area (Å²) in [6, 6.07) is 3.09. The number of hydrogen-bond acceptors (Lipinski definition) is 3. The fourth-order valence-corrected chi connectivity index (χ4v) is 4.43. The average molecular weight is 290 g/mol. The smallest absolute Gasteiger partial charge is 0.153 e. The van der Waals surface area contributed by atoms with Crippen molar-refractivity contribution in [2.45, 2.75) is 36.5 Å². The third-order valence-corrected chi connectivity index (χ3v) is 5.41. The largest absolute Gasteiger partial charge is 0.388 e. The fraction of sp³-hybridized carbons (Fsp3) is 0.538. The summed E-state index contributed by atoms with van der Waals surface area (Å²) in [5, 5.41) is 9.61. The summed E-state index contributed by atoms with van der Waals surface area (Å²) in [6.45, 7) is 0. The van der Waals surface area contributed by atoms with Crippen LogP contribution in [-0.4, -0.2) is 30.6 Å². The van der Waals surface area contributed by atoms with E-state index in [1.165, 1.54) is 6.07 Å². The summed E-state index contributed by atoms with van der Waals surface area (Å²) in [6.07, 6.45) is 2.22. The van der Waals surface area contributed by atoms with Crippen molar-refractivity contribution in [3.8, 4) is 0 Å². The minimum atomic E-state index is -3.40. The highest BCUT2D eigenvalue weighted by atomic mass is 32.2. The first kappa shape index (κ1) is 14.4. The van der Waals surface area contributed by atoms with Crippen LogP contribution >= 0.6 is 0 Å². The Hall–Kier alpha value is -1.01. The van der Waals surface area contributed by atoms with E-state index in [0.29, 0.717) is 19.3 Å². The van der Waals surface area contributed by atoms with Crippen LogP contribution in [0.3, 0.4) is 0 Å². The number of sulfone groups is 1. The predicted octanol–water partition coefficient (Wildman–Crippen LogP) is 1.84. The zero-order chi connectivity index (χ0) is 14.3. The molecule has 19 heavy (non-hydrogen) atoms. The first-order valence-corrected chi connectivity index (χ1v) is 8.03. The second-order valence-electron chi connectivity index (χ2n) is 5.23. The van der Waals surface area contributed by atoms with E-state index in [-0.39, 0.29) is 12.0 Å². The third kappa shape index (κ3) is 2.95. The SMILES string of the molecule is CS(=O)(=O)C1CCCC1(O)Cc1ccc(F)cc1F. The maximum atomic E-state index is 13.6. The van der Waals surface area contributed by atoms with Gasteiger partial charge in [0.25, 0.3) is 0 Å². The lowest BCUT2D eigenvalue weighted by Crippen LogP contribution is -2.44. The second-order valence-corrected chi connectivity index (χ2v) is 7.45. The van der Waals surface area contributed by atoms with Gasteiger partial charge in [0, 0.05) is 18.7 Å². The maximum Gasteiger partial charge on any atom is 0.153 e. The highest BCUT2D eigenvalue weighted by Crippen LogP contribution is 2.37. The van der Waals surface area contributed by atoms with Gasteiger partial charge in [-0.3, -0.25) is 0 Å². The molecular weight excluding hydrogens is 274 g/mol. The molecule has 3 nitrogen and oxygen atoms in total. The van der Waals surface area contributed by atoms with Crippen molar-refractivity contribution >= 4 is 9.84 Å². The van der Waals surface area contributed by atoms with Crippen LogP contribution in [0.15, 0.2) is 18.2 Å². The summed E-state index contributed by atoms with van der Waals surface area (Å²) in [7, 11) is -3.40. The molecule has 0 amide bonds. The monoisotopic (exact) mass is 290 g/mol. The molecule has 1 aliphatic carbocycles. The van der Waals surface area contributed by atoms with Gasteiger partial charge in [0.05, 0.1) is 10.9 Å². The molecule has 1 aliphatic rings. The van der Waals surface area contributed by atoms with Gasteiger partial charge in [-0.15, -0.1) is 0 Å². The molecule has 0 aromatic heterocycles. The Morgan fingerprint density at radius 2 is 2.11 bits per heavy atom. The second kappa shape index (κ2) is 4.83. The third-order valence-electron chi connectivity index (χ3n) is 3.70. The molecule has 0 radical (unpaired) electrons. The van der Waals surface area contributed by atoms with Gasteiger partial charge in [-0.2, -0.15) is 0 Å². The number of halogens is 2. The zero-order valence-electron chi connectivity index (χ0n) is 10.6. The first-order valence-electron chi connectivity index (χ1n) is 6.07. The van der Waals surface area contributed by atoms with E-state index < -0.39 is 32.3 Å². The van der Waals surface area contributed by atoms with Gasteiger partial charge in [-0.05, 0) is 30.9 Å². The molecule has 1 fully saturated rings. The molecule has 1 saturated carbocycles. The topological polar surface area (TPSA) is 54.4 Å². The molecule has 0 aliphatic heterocycles. The van der Waals surface area contributed by atoms with Crippen molar-refractivity contribution in [2.24, 2.45) is 0 Å². The standard InChI is InChI=1S/C13H16F2O3S/c1-19(17,18)12-3-2-6-13(12,16)8-9-4-5-10(14)7-11(9)15/h4-5,7,12,16H,2-3,6,8H2,1H3. The van der Waals surface area contributed by atoms with Crippen LogP contribution in [0.4, 0.5) is 8.78 Å². The van der Waals surface area contributed by atoms with Gasteiger partial charge in [0.1, 0.15) is 11.6 Å². The average Bonchev–Trinajstić information content (AvgIpc) is 2.64. The van der Waals surface area contributed by atoms with E-state index in [1.807, 2.05) is 0 Å². The lowest BCUT2D eigenvalue weighted by molar-refractivity contribution is 0.0504. The van der Waals surface area contributed by atoms with Gasteiger partial charge >= 0.3 is 0 Å². The Balaban J connectivity index is 2.30. The molecule has 2 unspecified atom stereocenters. The zero-order valence-corrected chi connectivity index (χ0v) is 11.4. The number of hydrogen-bond donors (Lipinski definition) is 1. The van der Waals surface area contributed by atoms with Gasteiger partial charge in [0.15, 0.2) is 9.84 Å². The van der Waals surface area contributed by atoms with Crippen molar-refractivity contribution in [1.82, 2.24) is 0 Å². The van der Waals surface area contributed by atoms with E-state index in [2.05, 4.69) is 0 Å². The molecule has 1 aromatic rings. The molecule has 0 bridgehead atoms. The molecule has 6 heteroatoms. The highest BCUT2D eigenvalue weighted by Gasteiger charge is 2.47. The van der Waals surface area contributed by atoms with Crippen LogP contribution in [0.25, 0.3) is 0 Å². The van der Waals surface area contributed by atoms with Crippen LogP contribution in [0.5, 0.6) is 0 Å². The lowest BCUT2D eigenvalue weighted by Gasteiger charge is -2.29. The lowest BCUT2D eigenvalue weighted by atomic mass is 9.92. The van der Waals surface area contributed by atoms with Gasteiger partial charge in [-0.25, -0.2) is 17.2 Å². The first-order chi connectivity index (χ1) is 8.72. The van der Waals surface area contributed by atoms with E-state index in [1.54, 1.807) is 0 Å². The summed E-state index contributed by atoms with van der Waals surface area (Å²) >= 11 is 0. The number of aliphatic hydroxyl groups is 1. The minimum Gasteiger partial charge on any atom is -0.388 e. The van der Waals surface area contributed by atoms with Crippen molar-refractivity contribution in [3.63, 3.8) is 0 Å². The predicted molar refractivity (Wildman–Crippen MR) is 67.5 cm³/mol. The van der Waals surface area contributed by atoms with E-state index in [9.17, 15) is 22.3 Å². The quantitative estimate of drug-likeness (QED) is 0.924. The summed E-state index contributed by atoms with van der Waals surface area (Å²) in [4.78, 5) is 0. The summed E-state index contributed by atoms with van der Waals surface area (Å²) in [5.74, 6) is -1.45. The van der Waals surface area contributed by atoms with Crippen LogP contribution in [0.1, 0.15) is 24.8 Å². The Morgan fingerprint density at radius 1 is 1.42 bits per heavy atom. The van der Waals surface area contributed by atoms with Gasteiger partial charge in [0.2, 0.25) is 0 Å². The van der Waals surface area contributed by atoms with E-state index in [0.717, 1.165) is 18.4 Å². The summed E-state index contributed by atoms with van der Waals surface area (Å²) in [5.41, 5.74) is -1.33. The Bertz CT molecular complexity index is 586. The van der Waals surface area contributed by atoms with Crippen molar-refractivity contribution < 1.29 is 22.3 Å². The molecule has 2 rings (SSSR count). The molecule has 0 heterocycles. The van der Waals surface area contributed by atoms with Crippen LogP contribution in [0, 0.1) is 11.6 Å². The molecule has 1 N–H and O–H groups in total. The van der Waals surface area contributed by atoms with Gasteiger partial charge < -0.3 is 5.11 Å². The van der Waals surface area contributed by atoms with Crippen LogP contribution in [0.2, 0.25) is 0 Å².